The van der Waals surface area contributed by atoms with Crippen LogP contribution in [0, 0.1) is 17.3 Å². The molecule has 4 aliphatic carbocycles. The zero-order valence-electron chi connectivity index (χ0n) is 15.9. The van der Waals surface area contributed by atoms with Crippen LogP contribution in [0.2, 0.25) is 0 Å². The Balaban J connectivity index is 1.27. The van der Waals surface area contributed by atoms with Crippen LogP contribution >= 0.6 is 22.9 Å². The molecule has 150 valence electrons. The van der Waals surface area contributed by atoms with E-state index in [1.165, 1.54) is 23.8 Å². The van der Waals surface area contributed by atoms with Gasteiger partial charge >= 0.3 is 5.97 Å². The van der Waals surface area contributed by atoms with E-state index in [0.29, 0.717) is 22.5 Å². The van der Waals surface area contributed by atoms with Gasteiger partial charge in [-0.1, -0.05) is 23.5 Å². The van der Waals surface area contributed by atoms with Crippen LogP contribution in [0.3, 0.4) is 0 Å². The van der Waals surface area contributed by atoms with Gasteiger partial charge in [0.1, 0.15) is 6.61 Å². The summed E-state index contributed by atoms with van der Waals surface area (Å²) in [5, 5.41) is 0. The van der Waals surface area contributed by atoms with Crippen molar-refractivity contribution in [2.75, 3.05) is 0 Å². The summed E-state index contributed by atoms with van der Waals surface area (Å²) < 4.78 is 8.35. The van der Waals surface area contributed by atoms with Crippen molar-refractivity contribution in [3.63, 3.8) is 0 Å². The first-order valence-corrected chi connectivity index (χ1v) is 11.4. The second-order valence-electron chi connectivity index (χ2n) is 9.24. The number of rotatable bonds is 3. The quantitative estimate of drug-likeness (QED) is 0.454. The summed E-state index contributed by atoms with van der Waals surface area (Å²) in [6, 6.07) is 9.22. The number of para-hydroxylation sites is 1. The monoisotopic (exact) mass is 428 g/mol. The molecule has 0 saturated heterocycles. The lowest BCUT2D eigenvalue weighted by molar-refractivity contribution is -0.171. The summed E-state index contributed by atoms with van der Waals surface area (Å²) in [4.78, 5) is 30.7. The number of thiazole rings is 1. The van der Waals surface area contributed by atoms with Crippen LogP contribution in [0.5, 0.6) is 0 Å². The van der Waals surface area contributed by atoms with Gasteiger partial charge < -0.3 is 4.74 Å². The molecule has 2 unspecified atom stereocenters. The first-order valence-electron chi connectivity index (χ1n) is 10.2. The molecule has 3 aromatic rings. The number of esters is 1. The molecule has 0 N–H and O–H groups in total. The molecule has 2 aromatic heterocycles. The van der Waals surface area contributed by atoms with Gasteiger partial charge in [0.25, 0.3) is 5.56 Å². The Labute approximate surface area is 176 Å². The van der Waals surface area contributed by atoms with E-state index in [1.807, 2.05) is 24.3 Å². The third-order valence-electron chi connectivity index (χ3n) is 7.02. The van der Waals surface area contributed by atoms with Crippen molar-refractivity contribution in [2.24, 2.45) is 17.3 Å². The van der Waals surface area contributed by atoms with Crippen molar-refractivity contribution < 1.29 is 9.53 Å². The van der Waals surface area contributed by atoms with E-state index in [1.54, 1.807) is 4.40 Å². The Morgan fingerprint density at radius 3 is 2.76 bits per heavy atom. The predicted octanol–water partition coefficient (Wildman–Crippen LogP) is 4.53. The summed E-state index contributed by atoms with van der Waals surface area (Å²) in [6.45, 7) is 0.0329. The summed E-state index contributed by atoms with van der Waals surface area (Å²) in [7, 11) is 0. The van der Waals surface area contributed by atoms with Crippen molar-refractivity contribution in [2.45, 2.75) is 50.0 Å². The Morgan fingerprint density at radius 1 is 1.24 bits per heavy atom. The highest BCUT2D eigenvalue weighted by molar-refractivity contribution is 7.23. The molecule has 7 heteroatoms. The van der Waals surface area contributed by atoms with Crippen molar-refractivity contribution >= 4 is 44.1 Å². The average Bonchev–Trinajstić information content (AvgIpc) is 3.03. The molecule has 0 amide bonds. The number of fused-ring (bicyclic) bond motifs is 3. The molecule has 4 saturated carbocycles. The van der Waals surface area contributed by atoms with E-state index < -0.39 is 5.41 Å². The zero-order valence-corrected chi connectivity index (χ0v) is 17.5. The Hall–Kier alpha value is -1.92. The SMILES string of the molecule is O=C(OCc1cc(=O)n2c(n1)sc1ccccc12)C12CC3CC(CC(Cl)(C3)C1)C2. The lowest BCUT2D eigenvalue weighted by Crippen LogP contribution is -2.56. The predicted molar refractivity (Wildman–Crippen MR) is 112 cm³/mol. The molecule has 0 aliphatic heterocycles. The molecule has 7 rings (SSSR count). The number of carbonyl (C=O) groups is 1. The molecule has 0 radical (unpaired) electrons. The minimum atomic E-state index is -0.442. The van der Waals surface area contributed by atoms with Crippen LogP contribution in [-0.2, 0) is 16.1 Å². The number of ether oxygens (including phenoxy) is 1. The molecular formula is C22H21ClN2O3S. The third-order valence-corrected chi connectivity index (χ3v) is 8.49. The maximum absolute atomic E-state index is 13.1. The van der Waals surface area contributed by atoms with E-state index >= 15 is 0 Å². The number of hydrogen-bond donors (Lipinski definition) is 0. The Bertz CT molecular complexity index is 1200. The molecule has 5 nitrogen and oxygen atoms in total. The van der Waals surface area contributed by atoms with Gasteiger partial charge in [-0.2, -0.15) is 0 Å². The highest BCUT2D eigenvalue weighted by Crippen LogP contribution is 2.64. The number of alkyl halides is 1. The average molecular weight is 429 g/mol. The molecule has 4 aliphatic rings. The summed E-state index contributed by atoms with van der Waals surface area (Å²) in [6.07, 6.45) is 5.76. The topological polar surface area (TPSA) is 60.7 Å². The zero-order chi connectivity index (χ0) is 19.8. The van der Waals surface area contributed by atoms with Gasteiger partial charge in [-0.15, -0.1) is 11.6 Å². The van der Waals surface area contributed by atoms with Gasteiger partial charge in [0.05, 0.1) is 21.3 Å². The van der Waals surface area contributed by atoms with Crippen LogP contribution in [0.15, 0.2) is 35.1 Å². The van der Waals surface area contributed by atoms with Gasteiger partial charge in [0.15, 0.2) is 4.96 Å². The molecule has 2 heterocycles. The fourth-order valence-corrected chi connectivity index (χ4v) is 8.12. The lowest BCUT2D eigenvalue weighted by atomic mass is 9.49. The highest BCUT2D eigenvalue weighted by atomic mass is 35.5. The normalized spacial score (nSPS) is 32.9. The van der Waals surface area contributed by atoms with E-state index in [4.69, 9.17) is 16.3 Å². The van der Waals surface area contributed by atoms with E-state index in [2.05, 4.69) is 4.98 Å². The van der Waals surface area contributed by atoms with Crippen molar-refractivity contribution in [3.8, 4) is 0 Å². The molecular weight excluding hydrogens is 408 g/mol. The Morgan fingerprint density at radius 2 is 2.00 bits per heavy atom. The van der Waals surface area contributed by atoms with Gasteiger partial charge in [-0.25, -0.2) is 4.98 Å². The van der Waals surface area contributed by atoms with E-state index in [0.717, 1.165) is 42.3 Å². The highest BCUT2D eigenvalue weighted by Gasteiger charge is 2.60. The van der Waals surface area contributed by atoms with E-state index in [-0.39, 0.29) is 23.0 Å². The summed E-state index contributed by atoms with van der Waals surface area (Å²) in [5.41, 5.74) is 0.769. The van der Waals surface area contributed by atoms with Crippen LogP contribution < -0.4 is 5.56 Å². The number of carbonyl (C=O) groups excluding carboxylic acids is 1. The standard InChI is InChI=1S/C22H21ClN2O3S/c23-22-9-13-5-14(10-22)8-21(7-13,12-22)19(27)28-11-15-6-18(26)25-16-3-1-2-4-17(16)29-20(25)24-15/h1-4,6,13-14H,5,7-12H2. The number of nitrogens with zero attached hydrogens (tertiary/aromatic N) is 2. The second kappa shape index (κ2) is 6.05. The van der Waals surface area contributed by atoms with Crippen LogP contribution in [-0.4, -0.2) is 20.2 Å². The molecule has 29 heavy (non-hydrogen) atoms. The van der Waals surface area contributed by atoms with Crippen LogP contribution in [0.4, 0.5) is 0 Å². The first kappa shape index (κ1) is 17.9. The summed E-state index contributed by atoms with van der Waals surface area (Å²) in [5.74, 6) is 0.924. The fourth-order valence-electron chi connectivity index (χ4n) is 6.38. The maximum atomic E-state index is 13.1. The summed E-state index contributed by atoms with van der Waals surface area (Å²) >= 11 is 8.31. The molecule has 4 bridgehead atoms. The first-order chi connectivity index (χ1) is 13.9. The second-order valence-corrected chi connectivity index (χ2v) is 11.1. The van der Waals surface area contributed by atoms with Crippen LogP contribution in [0.25, 0.3) is 15.2 Å². The minimum Gasteiger partial charge on any atom is -0.459 e. The van der Waals surface area contributed by atoms with Crippen LogP contribution in [0.1, 0.15) is 44.2 Å². The molecule has 4 fully saturated rings. The minimum absolute atomic E-state index is 0.0329. The smallest absolute Gasteiger partial charge is 0.312 e. The van der Waals surface area contributed by atoms with Gasteiger partial charge in [-0.05, 0) is 62.5 Å². The maximum Gasteiger partial charge on any atom is 0.312 e. The third kappa shape index (κ3) is 2.76. The lowest BCUT2D eigenvalue weighted by Gasteiger charge is -2.58. The number of hydrogen-bond acceptors (Lipinski definition) is 5. The largest absolute Gasteiger partial charge is 0.459 e. The van der Waals surface area contributed by atoms with Gasteiger partial charge in [-0.3, -0.25) is 14.0 Å². The molecule has 1 aromatic carbocycles. The van der Waals surface area contributed by atoms with Crippen molar-refractivity contribution in [1.82, 2.24) is 9.38 Å². The number of aromatic nitrogens is 2. The van der Waals surface area contributed by atoms with E-state index in [9.17, 15) is 9.59 Å². The Kier molecular flexibility index (Phi) is 3.73. The fraction of sp³-hybridized carbons (Fsp3) is 0.500. The number of benzene rings is 1. The van der Waals surface area contributed by atoms with Gasteiger partial charge in [0.2, 0.25) is 0 Å². The van der Waals surface area contributed by atoms with Gasteiger partial charge in [0, 0.05) is 10.9 Å². The number of halogens is 1. The van der Waals surface area contributed by atoms with Crippen molar-refractivity contribution in [1.29, 1.82) is 0 Å². The van der Waals surface area contributed by atoms with Crippen molar-refractivity contribution in [3.05, 3.63) is 46.4 Å². The molecule has 0 spiro atoms. The molecule has 2 atom stereocenters.